The Morgan fingerprint density at radius 1 is 1.33 bits per heavy atom. The molecule has 0 aliphatic rings. The Hall–Kier alpha value is -3.16. The van der Waals surface area contributed by atoms with Crippen molar-refractivity contribution >= 4 is 18.1 Å². The van der Waals surface area contributed by atoms with Gasteiger partial charge in [0.1, 0.15) is 6.54 Å². The van der Waals surface area contributed by atoms with Gasteiger partial charge in [-0.05, 0) is 24.6 Å². The Bertz CT molecular complexity index is 715. The summed E-state index contributed by atoms with van der Waals surface area (Å²) >= 11 is 0. The molecule has 2 aromatic heterocycles. The molecule has 0 unspecified atom stereocenters. The summed E-state index contributed by atoms with van der Waals surface area (Å²) in [6.07, 6.45) is 5.10. The van der Waals surface area contributed by atoms with Crippen molar-refractivity contribution in [2.24, 2.45) is 0 Å². The van der Waals surface area contributed by atoms with Crippen LogP contribution >= 0.6 is 0 Å². The van der Waals surface area contributed by atoms with Gasteiger partial charge in [0.05, 0.1) is 0 Å². The molecule has 24 heavy (non-hydrogen) atoms. The second kappa shape index (κ2) is 10.5. The summed E-state index contributed by atoms with van der Waals surface area (Å²) in [6.45, 7) is 2.85. The van der Waals surface area contributed by atoms with Gasteiger partial charge < -0.3 is 20.3 Å². The standard InChI is InChI=1S/C15H18N4O2.CH2O2/c1-12-10-16-6-5-13(12)17-7-8-18-14(20)11-19-9-3-2-4-15(19)21;2-1-3/h2-6,9-10H,7-8,11H2,1H3,(H,16,17)(H,18,20);1H,(H,2,3). The monoisotopic (exact) mass is 332 g/mol. The number of pyridine rings is 2. The number of rotatable bonds is 6. The number of carboxylic acid groups (broad SMARTS) is 1. The van der Waals surface area contributed by atoms with E-state index in [1.54, 1.807) is 30.7 Å². The highest BCUT2D eigenvalue weighted by molar-refractivity contribution is 5.75. The molecule has 0 fully saturated rings. The number of amides is 1. The lowest BCUT2D eigenvalue weighted by molar-refractivity contribution is -0.123. The maximum Gasteiger partial charge on any atom is 0.290 e. The van der Waals surface area contributed by atoms with Crippen LogP contribution in [0.15, 0.2) is 47.7 Å². The molecular formula is C16H20N4O4. The quantitative estimate of drug-likeness (QED) is 0.524. The highest BCUT2D eigenvalue weighted by Gasteiger charge is 2.03. The van der Waals surface area contributed by atoms with Crippen LogP contribution in [-0.2, 0) is 16.1 Å². The Balaban J connectivity index is 0.000000891. The molecule has 0 radical (unpaired) electrons. The smallest absolute Gasteiger partial charge is 0.290 e. The first kappa shape index (κ1) is 18.9. The van der Waals surface area contributed by atoms with E-state index in [9.17, 15) is 9.59 Å². The average molecular weight is 332 g/mol. The minimum absolute atomic E-state index is 0.0357. The van der Waals surface area contributed by atoms with Crippen molar-refractivity contribution in [2.75, 3.05) is 18.4 Å². The molecule has 2 heterocycles. The second-order valence-corrected chi connectivity index (χ2v) is 4.74. The molecule has 0 aliphatic heterocycles. The van der Waals surface area contributed by atoms with Crippen LogP contribution in [0.1, 0.15) is 5.56 Å². The number of aromatic nitrogens is 2. The largest absolute Gasteiger partial charge is 0.483 e. The van der Waals surface area contributed by atoms with E-state index in [0.29, 0.717) is 13.1 Å². The zero-order valence-corrected chi connectivity index (χ0v) is 13.3. The lowest BCUT2D eigenvalue weighted by Gasteiger charge is -2.10. The number of hydrogen-bond donors (Lipinski definition) is 3. The van der Waals surface area contributed by atoms with Gasteiger partial charge >= 0.3 is 0 Å². The molecule has 1 amide bonds. The summed E-state index contributed by atoms with van der Waals surface area (Å²) in [4.78, 5) is 35.6. The van der Waals surface area contributed by atoms with Crippen molar-refractivity contribution in [3.8, 4) is 0 Å². The van der Waals surface area contributed by atoms with Crippen LogP contribution in [0.4, 0.5) is 5.69 Å². The Morgan fingerprint density at radius 3 is 2.75 bits per heavy atom. The van der Waals surface area contributed by atoms with Gasteiger partial charge in [-0.25, -0.2) is 0 Å². The van der Waals surface area contributed by atoms with Gasteiger partial charge in [-0.3, -0.25) is 19.4 Å². The molecular weight excluding hydrogens is 312 g/mol. The first-order valence-electron chi connectivity index (χ1n) is 7.23. The van der Waals surface area contributed by atoms with Crippen molar-refractivity contribution in [1.29, 1.82) is 0 Å². The predicted octanol–water partition coefficient (Wildman–Crippen LogP) is 0.481. The third-order valence-electron chi connectivity index (χ3n) is 3.00. The molecule has 0 spiro atoms. The third kappa shape index (κ3) is 6.73. The van der Waals surface area contributed by atoms with Crippen molar-refractivity contribution in [3.05, 3.63) is 58.8 Å². The summed E-state index contributed by atoms with van der Waals surface area (Å²) in [6, 6.07) is 6.70. The van der Waals surface area contributed by atoms with Crippen LogP contribution in [0.5, 0.6) is 0 Å². The van der Waals surface area contributed by atoms with Crippen molar-refractivity contribution < 1.29 is 14.7 Å². The van der Waals surface area contributed by atoms with Gasteiger partial charge in [-0.1, -0.05) is 6.07 Å². The average Bonchev–Trinajstić information content (AvgIpc) is 2.56. The summed E-state index contributed by atoms with van der Waals surface area (Å²) in [5, 5.41) is 12.9. The minimum Gasteiger partial charge on any atom is -0.483 e. The second-order valence-electron chi connectivity index (χ2n) is 4.74. The first-order chi connectivity index (χ1) is 11.6. The summed E-state index contributed by atoms with van der Waals surface area (Å²) in [5.74, 6) is -0.184. The van der Waals surface area contributed by atoms with E-state index in [-0.39, 0.29) is 24.5 Å². The molecule has 2 aromatic rings. The van der Waals surface area contributed by atoms with Crippen LogP contribution in [0, 0.1) is 6.92 Å². The van der Waals surface area contributed by atoms with Crippen LogP contribution in [0.3, 0.4) is 0 Å². The van der Waals surface area contributed by atoms with Crippen molar-refractivity contribution in [3.63, 3.8) is 0 Å². The lowest BCUT2D eigenvalue weighted by Crippen LogP contribution is -2.34. The summed E-state index contributed by atoms with van der Waals surface area (Å²) < 4.78 is 1.37. The van der Waals surface area contributed by atoms with E-state index < -0.39 is 0 Å². The molecule has 0 saturated heterocycles. The highest BCUT2D eigenvalue weighted by Crippen LogP contribution is 2.10. The molecule has 0 saturated carbocycles. The SMILES string of the molecule is Cc1cnccc1NCCNC(=O)Cn1ccccc1=O.O=CO. The maximum atomic E-state index is 11.7. The van der Waals surface area contributed by atoms with Crippen LogP contribution in [0.2, 0.25) is 0 Å². The van der Waals surface area contributed by atoms with Crippen LogP contribution in [0.25, 0.3) is 0 Å². The fourth-order valence-corrected chi connectivity index (χ4v) is 1.87. The molecule has 0 aliphatic carbocycles. The topological polar surface area (TPSA) is 113 Å². The van der Waals surface area contributed by atoms with Crippen molar-refractivity contribution in [2.45, 2.75) is 13.5 Å². The first-order valence-corrected chi connectivity index (χ1v) is 7.23. The molecule has 2 rings (SSSR count). The fourth-order valence-electron chi connectivity index (χ4n) is 1.87. The summed E-state index contributed by atoms with van der Waals surface area (Å²) in [5.41, 5.74) is 1.87. The van der Waals surface area contributed by atoms with E-state index in [1.165, 1.54) is 10.6 Å². The number of carbonyl (C=O) groups excluding carboxylic acids is 1. The van der Waals surface area contributed by atoms with Crippen LogP contribution in [-0.4, -0.2) is 40.1 Å². The number of carbonyl (C=O) groups is 2. The molecule has 0 atom stereocenters. The zero-order valence-electron chi connectivity index (χ0n) is 13.3. The molecule has 3 N–H and O–H groups in total. The van der Waals surface area contributed by atoms with E-state index in [2.05, 4.69) is 15.6 Å². The van der Waals surface area contributed by atoms with E-state index in [0.717, 1.165) is 11.3 Å². The van der Waals surface area contributed by atoms with Gasteiger partial charge in [0.25, 0.3) is 12.0 Å². The Labute approximate surface area is 139 Å². The molecule has 8 nitrogen and oxygen atoms in total. The normalized spacial score (nSPS) is 9.38. The van der Waals surface area contributed by atoms with Gasteiger partial charge in [0.2, 0.25) is 5.91 Å². The van der Waals surface area contributed by atoms with Gasteiger partial charge in [0.15, 0.2) is 0 Å². The van der Waals surface area contributed by atoms with Gasteiger partial charge in [-0.15, -0.1) is 0 Å². The fraction of sp³-hybridized carbons (Fsp3) is 0.250. The predicted molar refractivity (Wildman–Crippen MR) is 89.9 cm³/mol. The number of nitrogens with zero attached hydrogens (tertiary/aromatic N) is 2. The number of aryl methyl sites for hydroxylation is 1. The highest BCUT2D eigenvalue weighted by atomic mass is 16.3. The van der Waals surface area contributed by atoms with Gasteiger partial charge in [0, 0.05) is 43.4 Å². The number of nitrogens with one attached hydrogen (secondary N) is 2. The van der Waals surface area contributed by atoms with E-state index in [4.69, 9.17) is 9.90 Å². The van der Waals surface area contributed by atoms with E-state index in [1.807, 2.05) is 13.0 Å². The molecule has 0 aromatic carbocycles. The number of hydrogen-bond acceptors (Lipinski definition) is 5. The molecule has 128 valence electrons. The van der Waals surface area contributed by atoms with Crippen LogP contribution < -0.4 is 16.2 Å². The maximum absolute atomic E-state index is 11.7. The van der Waals surface area contributed by atoms with Gasteiger partial charge in [-0.2, -0.15) is 0 Å². The molecule has 0 bridgehead atoms. The van der Waals surface area contributed by atoms with Crippen molar-refractivity contribution in [1.82, 2.24) is 14.9 Å². The lowest BCUT2D eigenvalue weighted by atomic mass is 10.2. The third-order valence-corrected chi connectivity index (χ3v) is 3.00. The Kier molecular flexibility index (Phi) is 8.30. The molecule has 8 heteroatoms. The number of anilines is 1. The zero-order chi connectivity index (χ0) is 17.8. The minimum atomic E-state index is -0.250. The summed E-state index contributed by atoms with van der Waals surface area (Å²) in [7, 11) is 0. The Morgan fingerprint density at radius 2 is 2.08 bits per heavy atom. The van der Waals surface area contributed by atoms with E-state index >= 15 is 0 Å².